The van der Waals surface area contributed by atoms with Crippen molar-refractivity contribution in [2.24, 2.45) is 7.05 Å². The minimum Gasteiger partial charge on any atom is -0.452 e. The summed E-state index contributed by atoms with van der Waals surface area (Å²) < 4.78 is 6.56. The molecule has 2 aromatic rings. The molecule has 0 N–H and O–H groups in total. The van der Waals surface area contributed by atoms with E-state index in [1.807, 2.05) is 25.4 Å². The molecule has 2 heterocycles. The van der Waals surface area contributed by atoms with Crippen molar-refractivity contribution in [2.75, 3.05) is 0 Å². The van der Waals surface area contributed by atoms with Crippen LogP contribution in [0, 0.1) is 6.92 Å². The molecule has 0 saturated carbocycles. The molecule has 0 aliphatic carbocycles. The minimum absolute atomic E-state index is 1.28. The molecule has 2 rings (SSSR count). The molecule has 0 unspecified atom stereocenters. The van der Waals surface area contributed by atoms with Crippen LogP contribution in [-0.2, 0) is 7.05 Å². The van der Waals surface area contributed by atoms with E-state index in [0.29, 0.717) is 0 Å². The topological polar surface area (TPSA) is 29.9 Å². The van der Waals surface area contributed by atoms with Crippen LogP contribution in [-0.4, -0.2) is 4.98 Å². The van der Waals surface area contributed by atoms with Gasteiger partial charge in [-0.1, -0.05) is 6.07 Å². The van der Waals surface area contributed by atoms with E-state index >= 15 is 0 Å². The van der Waals surface area contributed by atoms with Gasteiger partial charge in [0.2, 0.25) is 0 Å². The van der Waals surface area contributed by atoms with E-state index in [0.717, 1.165) is 0 Å². The zero-order valence-electron chi connectivity index (χ0n) is 7.84. The second kappa shape index (κ2) is 5.09. The molecule has 3 heteroatoms. The Kier molecular flexibility index (Phi) is 3.70. The minimum atomic E-state index is 1.28. The number of hydrogen-bond acceptors (Lipinski definition) is 2. The van der Waals surface area contributed by atoms with E-state index in [1.54, 1.807) is 6.20 Å². The lowest BCUT2D eigenvalue weighted by Gasteiger charge is -1.87. The quantitative estimate of drug-likeness (QED) is 0.571. The second-order valence-corrected chi connectivity index (χ2v) is 2.63. The molecule has 0 atom stereocenters. The van der Waals surface area contributed by atoms with Crippen LogP contribution in [0.4, 0.5) is 0 Å². The summed E-state index contributed by atoms with van der Waals surface area (Å²) in [6, 6.07) is 6.14. The van der Waals surface area contributed by atoms with Crippen molar-refractivity contribution in [3.63, 3.8) is 0 Å². The molecule has 0 aliphatic rings. The molecule has 3 nitrogen and oxygen atoms in total. The third kappa shape index (κ3) is 3.51. The van der Waals surface area contributed by atoms with E-state index in [2.05, 4.69) is 27.0 Å². The van der Waals surface area contributed by atoms with E-state index < -0.39 is 0 Å². The zero-order chi connectivity index (χ0) is 9.52. The van der Waals surface area contributed by atoms with Gasteiger partial charge in [0.05, 0.1) is 6.20 Å². The molecule has 0 amide bonds. The van der Waals surface area contributed by atoms with Crippen molar-refractivity contribution >= 4 is 0 Å². The summed E-state index contributed by atoms with van der Waals surface area (Å²) in [7, 11) is 2.04. The van der Waals surface area contributed by atoms with Crippen LogP contribution in [0.25, 0.3) is 0 Å². The summed E-state index contributed by atoms with van der Waals surface area (Å²) in [5, 5.41) is 0. The Morgan fingerprint density at radius 1 is 1.38 bits per heavy atom. The van der Waals surface area contributed by atoms with E-state index in [4.69, 9.17) is 0 Å². The van der Waals surface area contributed by atoms with Crippen molar-refractivity contribution < 1.29 is 8.98 Å². The maximum absolute atomic E-state index is 4.47. The number of rotatable bonds is 0. The van der Waals surface area contributed by atoms with Crippen molar-refractivity contribution in [3.8, 4) is 0 Å². The lowest BCUT2D eigenvalue weighted by Crippen LogP contribution is -2.30. The van der Waals surface area contributed by atoms with Crippen molar-refractivity contribution in [1.29, 1.82) is 0 Å². The fourth-order valence-corrected chi connectivity index (χ4v) is 0.784. The average Bonchev–Trinajstić information content (AvgIpc) is 2.68. The maximum atomic E-state index is 4.47. The molecule has 0 saturated heterocycles. The van der Waals surface area contributed by atoms with Crippen LogP contribution >= 0.6 is 0 Å². The fraction of sp³-hybridized carbons (Fsp3) is 0.200. The van der Waals surface area contributed by atoms with Crippen LogP contribution in [0.1, 0.15) is 5.69 Å². The van der Waals surface area contributed by atoms with Gasteiger partial charge in [0.25, 0.3) is 0 Å². The highest BCUT2D eigenvalue weighted by Crippen LogP contribution is 1.83. The number of pyridine rings is 1. The largest absolute Gasteiger partial charge is 0.452 e. The molecule has 68 valence electrons. The normalized spacial score (nSPS) is 8.77. The highest BCUT2D eigenvalue weighted by molar-refractivity contribution is 4.93. The molecule has 13 heavy (non-hydrogen) atoms. The standard InChI is InChI=1S/C7H10N.C3H3NO/c1-7-5-3-4-6-8(7)2;1-2-5-3-4-1/h3-6H,1-2H3;1-3H/q+1;. The zero-order valence-corrected chi connectivity index (χ0v) is 7.84. The highest BCUT2D eigenvalue weighted by Gasteiger charge is 1.91. The van der Waals surface area contributed by atoms with Gasteiger partial charge in [0.15, 0.2) is 18.3 Å². The van der Waals surface area contributed by atoms with Gasteiger partial charge in [0, 0.05) is 19.1 Å². The molecular weight excluding hydrogens is 164 g/mol. The molecule has 0 aromatic carbocycles. The predicted octanol–water partition coefficient (Wildman–Crippen LogP) is 1.49. The van der Waals surface area contributed by atoms with Crippen LogP contribution in [0.2, 0.25) is 0 Å². The van der Waals surface area contributed by atoms with Gasteiger partial charge < -0.3 is 4.42 Å². The van der Waals surface area contributed by atoms with Gasteiger partial charge in [0.1, 0.15) is 13.3 Å². The Labute approximate surface area is 77.7 Å². The Balaban J connectivity index is 0.000000145. The Bertz CT molecular complexity index is 292. The van der Waals surface area contributed by atoms with Crippen LogP contribution < -0.4 is 4.57 Å². The third-order valence-corrected chi connectivity index (χ3v) is 1.66. The summed E-state index contributed by atoms with van der Waals surface area (Å²) >= 11 is 0. The SMILES string of the molecule is Cc1cccc[n+]1C.c1cocn1. The number of oxazole rings is 1. The Hall–Kier alpha value is -1.64. The van der Waals surface area contributed by atoms with Gasteiger partial charge in [-0.25, -0.2) is 9.55 Å². The number of aryl methyl sites for hydroxylation is 2. The van der Waals surface area contributed by atoms with Gasteiger partial charge >= 0.3 is 0 Å². The van der Waals surface area contributed by atoms with E-state index in [1.165, 1.54) is 18.4 Å². The molecule has 0 fully saturated rings. The van der Waals surface area contributed by atoms with Gasteiger partial charge in [-0.05, 0) is 0 Å². The highest BCUT2D eigenvalue weighted by atomic mass is 16.3. The van der Waals surface area contributed by atoms with Crippen LogP contribution in [0.5, 0.6) is 0 Å². The first kappa shape index (κ1) is 9.45. The molecule has 0 aliphatic heterocycles. The predicted molar refractivity (Wildman–Crippen MR) is 48.9 cm³/mol. The molecule has 2 aromatic heterocycles. The first-order valence-electron chi connectivity index (χ1n) is 4.04. The third-order valence-electron chi connectivity index (χ3n) is 1.66. The summed E-state index contributed by atoms with van der Waals surface area (Å²) in [5.74, 6) is 0. The van der Waals surface area contributed by atoms with Crippen molar-refractivity contribution in [2.45, 2.75) is 6.92 Å². The Morgan fingerprint density at radius 3 is 2.54 bits per heavy atom. The van der Waals surface area contributed by atoms with Gasteiger partial charge in [-0.15, -0.1) is 0 Å². The fourth-order valence-electron chi connectivity index (χ4n) is 0.784. The maximum Gasteiger partial charge on any atom is 0.180 e. The van der Waals surface area contributed by atoms with Crippen molar-refractivity contribution in [3.05, 3.63) is 48.9 Å². The Morgan fingerprint density at radius 2 is 2.23 bits per heavy atom. The summed E-state index contributed by atoms with van der Waals surface area (Å²) in [6.45, 7) is 2.08. The summed E-state index contributed by atoms with van der Waals surface area (Å²) in [4.78, 5) is 3.56. The molecule has 0 spiro atoms. The van der Waals surface area contributed by atoms with Gasteiger partial charge in [-0.3, -0.25) is 0 Å². The lowest BCUT2D eigenvalue weighted by atomic mass is 10.4. The molecular formula is C10H13N2O+. The van der Waals surface area contributed by atoms with Crippen molar-refractivity contribution in [1.82, 2.24) is 4.98 Å². The first-order chi connectivity index (χ1) is 6.30. The lowest BCUT2D eigenvalue weighted by molar-refractivity contribution is -0.677. The second-order valence-electron chi connectivity index (χ2n) is 2.63. The smallest absolute Gasteiger partial charge is 0.180 e. The number of aromatic nitrogens is 2. The summed E-state index contributed by atoms with van der Waals surface area (Å²) in [6.07, 6.45) is 6.51. The van der Waals surface area contributed by atoms with Gasteiger partial charge in [-0.2, -0.15) is 0 Å². The monoisotopic (exact) mass is 177 g/mol. The number of hydrogen-bond donors (Lipinski definition) is 0. The van der Waals surface area contributed by atoms with E-state index in [-0.39, 0.29) is 0 Å². The molecule has 0 bridgehead atoms. The average molecular weight is 177 g/mol. The van der Waals surface area contributed by atoms with Crippen LogP contribution in [0.15, 0.2) is 47.7 Å². The van der Waals surface area contributed by atoms with Crippen LogP contribution in [0.3, 0.4) is 0 Å². The number of nitrogens with zero attached hydrogens (tertiary/aromatic N) is 2. The van der Waals surface area contributed by atoms with E-state index in [9.17, 15) is 0 Å². The first-order valence-corrected chi connectivity index (χ1v) is 4.04. The molecule has 0 radical (unpaired) electrons. The summed E-state index contributed by atoms with van der Waals surface area (Å²) in [5.41, 5.74) is 1.28.